The first-order chi connectivity index (χ1) is 6.68. The summed E-state index contributed by atoms with van der Waals surface area (Å²) >= 11 is 0. The van der Waals surface area contributed by atoms with Crippen LogP contribution in [0, 0.1) is 18.8 Å². The molecule has 1 heteroatoms. The van der Waals surface area contributed by atoms with Gasteiger partial charge in [0.15, 0.2) is 0 Å². The van der Waals surface area contributed by atoms with Crippen LogP contribution in [-0.2, 0) is 6.42 Å². The number of benzene rings is 1. The Hall–Kier alpha value is -0.820. The van der Waals surface area contributed by atoms with Gasteiger partial charge in [-0.15, -0.1) is 0 Å². The van der Waals surface area contributed by atoms with Crippen molar-refractivity contribution in [2.45, 2.75) is 32.8 Å². The number of aliphatic hydroxyl groups is 1. The lowest BCUT2D eigenvalue weighted by atomic mass is 10.00. The third kappa shape index (κ3) is 1.98. The van der Waals surface area contributed by atoms with E-state index in [2.05, 4.69) is 26.0 Å². The molecule has 1 fully saturated rings. The molecule has 0 aliphatic heterocycles. The van der Waals surface area contributed by atoms with E-state index in [9.17, 15) is 5.11 Å². The maximum Gasteiger partial charge on any atom is 0.0611 e. The molecule has 0 radical (unpaired) electrons. The number of rotatable bonds is 3. The SMILES string of the molecule is Cc1ccccc1CC(O)C1CC1C. The molecule has 2 rings (SSSR count). The van der Waals surface area contributed by atoms with Gasteiger partial charge in [-0.05, 0) is 42.7 Å². The van der Waals surface area contributed by atoms with Crippen molar-refractivity contribution in [2.75, 3.05) is 0 Å². The van der Waals surface area contributed by atoms with Crippen molar-refractivity contribution >= 4 is 0 Å². The summed E-state index contributed by atoms with van der Waals surface area (Å²) in [5.41, 5.74) is 2.58. The number of aliphatic hydroxyl groups excluding tert-OH is 1. The van der Waals surface area contributed by atoms with Gasteiger partial charge in [0.2, 0.25) is 0 Å². The van der Waals surface area contributed by atoms with Crippen LogP contribution in [0.5, 0.6) is 0 Å². The van der Waals surface area contributed by atoms with E-state index < -0.39 is 0 Å². The summed E-state index contributed by atoms with van der Waals surface area (Å²) in [5.74, 6) is 1.28. The van der Waals surface area contributed by atoms with Crippen molar-refractivity contribution in [3.63, 3.8) is 0 Å². The van der Waals surface area contributed by atoms with Crippen molar-refractivity contribution in [1.82, 2.24) is 0 Å². The summed E-state index contributed by atoms with van der Waals surface area (Å²) in [6.07, 6.45) is 1.89. The Morgan fingerprint density at radius 2 is 2.07 bits per heavy atom. The molecule has 1 aromatic rings. The third-order valence-electron chi connectivity index (χ3n) is 3.36. The largest absolute Gasteiger partial charge is 0.392 e. The lowest BCUT2D eigenvalue weighted by molar-refractivity contribution is 0.146. The summed E-state index contributed by atoms with van der Waals surface area (Å²) in [6, 6.07) is 8.32. The fraction of sp³-hybridized carbons (Fsp3) is 0.538. The Labute approximate surface area is 85.8 Å². The molecular formula is C13H18O. The third-order valence-corrected chi connectivity index (χ3v) is 3.36. The van der Waals surface area contributed by atoms with Crippen LogP contribution in [0.2, 0.25) is 0 Å². The van der Waals surface area contributed by atoms with Gasteiger partial charge >= 0.3 is 0 Å². The Morgan fingerprint density at radius 1 is 1.43 bits per heavy atom. The van der Waals surface area contributed by atoms with Crippen LogP contribution < -0.4 is 0 Å². The second kappa shape index (κ2) is 3.74. The van der Waals surface area contributed by atoms with Gasteiger partial charge in [-0.3, -0.25) is 0 Å². The van der Waals surface area contributed by atoms with Gasteiger partial charge < -0.3 is 5.11 Å². The van der Waals surface area contributed by atoms with Crippen LogP contribution in [-0.4, -0.2) is 11.2 Å². The van der Waals surface area contributed by atoms with E-state index in [0.29, 0.717) is 5.92 Å². The molecule has 1 saturated carbocycles. The first-order valence-corrected chi connectivity index (χ1v) is 5.41. The van der Waals surface area contributed by atoms with E-state index in [1.54, 1.807) is 0 Å². The minimum atomic E-state index is -0.133. The molecule has 0 bridgehead atoms. The standard InChI is InChI=1S/C13H18O/c1-9-5-3-4-6-11(9)8-13(14)12-7-10(12)2/h3-6,10,12-14H,7-8H2,1-2H3. The van der Waals surface area contributed by atoms with Gasteiger partial charge in [0.1, 0.15) is 0 Å². The molecular weight excluding hydrogens is 172 g/mol. The first kappa shape index (κ1) is 9.72. The minimum Gasteiger partial charge on any atom is -0.392 e. The molecule has 0 spiro atoms. The predicted molar refractivity (Wildman–Crippen MR) is 58.2 cm³/mol. The van der Waals surface area contributed by atoms with Crippen molar-refractivity contribution in [2.24, 2.45) is 11.8 Å². The number of aryl methyl sites for hydroxylation is 1. The van der Waals surface area contributed by atoms with Crippen LogP contribution in [0.4, 0.5) is 0 Å². The molecule has 1 aromatic carbocycles. The monoisotopic (exact) mass is 190 g/mol. The fourth-order valence-electron chi connectivity index (χ4n) is 2.10. The van der Waals surface area contributed by atoms with Crippen LogP contribution >= 0.6 is 0 Å². The van der Waals surface area contributed by atoms with E-state index in [0.717, 1.165) is 12.3 Å². The van der Waals surface area contributed by atoms with E-state index in [1.165, 1.54) is 17.5 Å². The maximum atomic E-state index is 9.94. The molecule has 3 atom stereocenters. The number of hydrogen-bond donors (Lipinski definition) is 1. The molecule has 3 unspecified atom stereocenters. The lowest BCUT2D eigenvalue weighted by Gasteiger charge is -2.11. The maximum absolute atomic E-state index is 9.94. The Kier molecular flexibility index (Phi) is 2.60. The van der Waals surface area contributed by atoms with Crippen molar-refractivity contribution in [3.8, 4) is 0 Å². The van der Waals surface area contributed by atoms with Crippen LogP contribution in [0.15, 0.2) is 24.3 Å². The van der Waals surface area contributed by atoms with Gasteiger partial charge in [0, 0.05) is 0 Å². The van der Waals surface area contributed by atoms with E-state index in [-0.39, 0.29) is 6.10 Å². The molecule has 1 aliphatic carbocycles. The summed E-state index contributed by atoms with van der Waals surface area (Å²) in [4.78, 5) is 0. The lowest BCUT2D eigenvalue weighted by Crippen LogP contribution is -2.14. The Balaban J connectivity index is 2.00. The van der Waals surface area contributed by atoms with E-state index in [1.807, 2.05) is 12.1 Å². The summed E-state index contributed by atoms with van der Waals surface area (Å²) < 4.78 is 0. The highest BCUT2D eigenvalue weighted by Crippen LogP contribution is 2.41. The highest BCUT2D eigenvalue weighted by atomic mass is 16.3. The molecule has 14 heavy (non-hydrogen) atoms. The molecule has 76 valence electrons. The average Bonchev–Trinajstić information content (AvgIpc) is 2.87. The van der Waals surface area contributed by atoms with Crippen molar-refractivity contribution < 1.29 is 5.11 Å². The van der Waals surface area contributed by atoms with Crippen LogP contribution in [0.3, 0.4) is 0 Å². The first-order valence-electron chi connectivity index (χ1n) is 5.41. The zero-order valence-electron chi connectivity index (χ0n) is 8.90. The highest BCUT2D eigenvalue weighted by Gasteiger charge is 2.38. The van der Waals surface area contributed by atoms with Gasteiger partial charge in [-0.2, -0.15) is 0 Å². The Bertz CT molecular complexity index is 319. The molecule has 0 amide bonds. The highest BCUT2D eigenvalue weighted by molar-refractivity contribution is 5.26. The summed E-state index contributed by atoms with van der Waals surface area (Å²) in [7, 11) is 0. The second-order valence-corrected chi connectivity index (χ2v) is 4.57. The van der Waals surface area contributed by atoms with Crippen molar-refractivity contribution in [3.05, 3.63) is 35.4 Å². The number of hydrogen-bond acceptors (Lipinski definition) is 1. The molecule has 0 saturated heterocycles. The quantitative estimate of drug-likeness (QED) is 0.776. The average molecular weight is 190 g/mol. The normalized spacial score (nSPS) is 27.4. The molecule has 0 heterocycles. The summed E-state index contributed by atoms with van der Waals surface area (Å²) in [5, 5.41) is 9.94. The second-order valence-electron chi connectivity index (χ2n) is 4.57. The van der Waals surface area contributed by atoms with E-state index in [4.69, 9.17) is 0 Å². The van der Waals surface area contributed by atoms with Gasteiger partial charge in [0.05, 0.1) is 6.10 Å². The minimum absolute atomic E-state index is 0.133. The zero-order chi connectivity index (χ0) is 10.1. The fourth-order valence-corrected chi connectivity index (χ4v) is 2.10. The summed E-state index contributed by atoms with van der Waals surface area (Å²) in [6.45, 7) is 4.32. The van der Waals surface area contributed by atoms with Crippen LogP contribution in [0.25, 0.3) is 0 Å². The van der Waals surface area contributed by atoms with Gasteiger partial charge in [-0.1, -0.05) is 31.2 Å². The Morgan fingerprint density at radius 3 is 2.64 bits per heavy atom. The predicted octanol–water partition coefficient (Wildman–Crippen LogP) is 2.55. The van der Waals surface area contributed by atoms with E-state index >= 15 is 0 Å². The molecule has 1 nitrogen and oxygen atoms in total. The van der Waals surface area contributed by atoms with Crippen LogP contribution in [0.1, 0.15) is 24.5 Å². The molecule has 1 aliphatic rings. The zero-order valence-corrected chi connectivity index (χ0v) is 8.90. The molecule has 0 aromatic heterocycles. The molecule has 1 N–H and O–H groups in total. The smallest absolute Gasteiger partial charge is 0.0611 e. The topological polar surface area (TPSA) is 20.2 Å². The van der Waals surface area contributed by atoms with Crippen molar-refractivity contribution in [1.29, 1.82) is 0 Å². The van der Waals surface area contributed by atoms with Gasteiger partial charge in [-0.25, -0.2) is 0 Å². The van der Waals surface area contributed by atoms with Gasteiger partial charge in [0.25, 0.3) is 0 Å².